The van der Waals surface area contributed by atoms with Crippen LogP contribution in [-0.4, -0.2) is 23.9 Å². The Hall–Kier alpha value is -1.84. The van der Waals surface area contributed by atoms with Crippen LogP contribution in [0, 0.1) is 5.92 Å². The lowest BCUT2D eigenvalue weighted by Crippen LogP contribution is -2.54. The molecule has 0 aromatic heterocycles. The number of hydrogen-bond acceptors (Lipinski definition) is 2. The Bertz CT molecular complexity index is 521. The zero-order valence-electron chi connectivity index (χ0n) is 11.9. The van der Waals surface area contributed by atoms with Gasteiger partial charge in [-0.3, -0.25) is 9.59 Å². The van der Waals surface area contributed by atoms with Crippen molar-refractivity contribution in [2.75, 3.05) is 11.4 Å². The highest BCUT2D eigenvalue weighted by Gasteiger charge is 2.39. The molecule has 102 valence electrons. The number of para-hydroxylation sites is 1. The van der Waals surface area contributed by atoms with E-state index in [1.165, 1.54) is 0 Å². The van der Waals surface area contributed by atoms with Gasteiger partial charge in [0.1, 0.15) is 5.54 Å². The molecule has 1 N–H and O–H groups in total. The van der Waals surface area contributed by atoms with Crippen molar-refractivity contribution in [3.63, 3.8) is 0 Å². The van der Waals surface area contributed by atoms with Crippen molar-refractivity contribution in [3.05, 3.63) is 29.8 Å². The summed E-state index contributed by atoms with van der Waals surface area (Å²) in [6.45, 7) is 8.21. The fraction of sp³-hybridized carbons (Fsp3) is 0.467. The van der Waals surface area contributed by atoms with Gasteiger partial charge in [0.15, 0.2) is 0 Å². The Morgan fingerprint density at radius 3 is 2.47 bits per heavy atom. The average molecular weight is 260 g/mol. The first kappa shape index (κ1) is 13.6. The fourth-order valence-electron chi connectivity index (χ4n) is 2.30. The van der Waals surface area contributed by atoms with Crippen LogP contribution in [0.3, 0.4) is 0 Å². The molecule has 1 heterocycles. The predicted molar refractivity (Wildman–Crippen MR) is 75.2 cm³/mol. The summed E-state index contributed by atoms with van der Waals surface area (Å²) in [5, 5.41) is 2.80. The van der Waals surface area contributed by atoms with Crippen LogP contribution >= 0.6 is 0 Å². The standard InChI is InChI=1S/C15H20N2O2/c1-10(2)9-17-12-8-6-5-7-11(12)13(18)16-15(3,4)14(17)19/h5-8,10H,9H2,1-4H3,(H,16,18). The van der Waals surface area contributed by atoms with E-state index in [4.69, 9.17) is 0 Å². The maximum atomic E-state index is 12.6. The first-order chi connectivity index (χ1) is 8.83. The van der Waals surface area contributed by atoms with E-state index in [0.717, 1.165) is 0 Å². The minimum atomic E-state index is -0.884. The molecule has 0 unspecified atom stereocenters. The van der Waals surface area contributed by atoms with Gasteiger partial charge in [-0.25, -0.2) is 0 Å². The molecule has 4 heteroatoms. The summed E-state index contributed by atoms with van der Waals surface area (Å²) in [5.41, 5.74) is 0.372. The Morgan fingerprint density at radius 1 is 1.21 bits per heavy atom. The first-order valence-electron chi connectivity index (χ1n) is 6.56. The number of carbonyl (C=O) groups excluding carboxylic acids is 2. The Labute approximate surface area is 113 Å². The van der Waals surface area contributed by atoms with Crippen LogP contribution in [0.1, 0.15) is 38.1 Å². The second-order valence-electron chi connectivity index (χ2n) is 5.91. The molecule has 0 bridgehead atoms. The Morgan fingerprint density at radius 2 is 1.84 bits per heavy atom. The molecule has 2 rings (SSSR count). The van der Waals surface area contributed by atoms with Gasteiger partial charge in [-0.05, 0) is 31.9 Å². The third kappa shape index (κ3) is 2.48. The number of benzene rings is 1. The van der Waals surface area contributed by atoms with Crippen molar-refractivity contribution in [2.24, 2.45) is 5.92 Å². The normalized spacial score (nSPS) is 18.1. The predicted octanol–water partition coefficient (Wildman–Crippen LogP) is 2.20. The van der Waals surface area contributed by atoms with Crippen LogP contribution in [0.4, 0.5) is 5.69 Å². The molecule has 0 saturated heterocycles. The number of carbonyl (C=O) groups is 2. The highest BCUT2D eigenvalue weighted by Crippen LogP contribution is 2.27. The first-order valence-corrected chi connectivity index (χ1v) is 6.56. The molecule has 0 atom stereocenters. The third-order valence-corrected chi connectivity index (χ3v) is 3.19. The van der Waals surface area contributed by atoms with Gasteiger partial charge in [0.2, 0.25) is 0 Å². The van der Waals surface area contributed by atoms with E-state index >= 15 is 0 Å². The van der Waals surface area contributed by atoms with Gasteiger partial charge in [-0.1, -0.05) is 26.0 Å². The summed E-state index contributed by atoms with van der Waals surface area (Å²) in [5.74, 6) is 0.0701. The van der Waals surface area contributed by atoms with Crippen LogP contribution in [0.15, 0.2) is 24.3 Å². The molecule has 0 radical (unpaired) electrons. The molecular formula is C15H20N2O2. The number of nitrogens with one attached hydrogen (secondary N) is 1. The van der Waals surface area contributed by atoms with E-state index in [2.05, 4.69) is 19.2 Å². The quantitative estimate of drug-likeness (QED) is 0.886. The zero-order chi connectivity index (χ0) is 14.2. The number of amides is 2. The van der Waals surface area contributed by atoms with Gasteiger partial charge in [0, 0.05) is 6.54 Å². The number of anilines is 1. The van der Waals surface area contributed by atoms with E-state index in [1.807, 2.05) is 18.2 Å². The van der Waals surface area contributed by atoms with Gasteiger partial charge in [0.25, 0.3) is 11.8 Å². The molecule has 4 nitrogen and oxygen atoms in total. The lowest BCUT2D eigenvalue weighted by molar-refractivity contribution is -0.123. The number of hydrogen-bond donors (Lipinski definition) is 1. The van der Waals surface area contributed by atoms with Gasteiger partial charge >= 0.3 is 0 Å². The molecule has 1 aliphatic rings. The summed E-state index contributed by atoms with van der Waals surface area (Å²) in [6, 6.07) is 7.25. The second-order valence-corrected chi connectivity index (χ2v) is 5.91. The fourth-order valence-corrected chi connectivity index (χ4v) is 2.30. The van der Waals surface area contributed by atoms with Crippen LogP contribution in [0.25, 0.3) is 0 Å². The van der Waals surface area contributed by atoms with Crippen LogP contribution in [0.5, 0.6) is 0 Å². The van der Waals surface area contributed by atoms with Crippen LogP contribution < -0.4 is 10.2 Å². The third-order valence-electron chi connectivity index (χ3n) is 3.19. The number of nitrogens with zero attached hydrogens (tertiary/aromatic N) is 1. The van der Waals surface area contributed by atoms with Crippen molar-refractivity contribution in [2.45, 2.75) is 33.2 Å². The Balaban J connectivity index is 2.56. The van der Waals surface area contributed by atoms with Gasteiger partial charge in [-0.15, -0.1) is 0 Å². The minimum Gasteiger partial charge on any atom is -0.338 e. The highest BCUT2D eigenvalue weighted by molar-refractivity contribution is 6.12. The molecule has 19 heavy (non-hydrogen) atoms. The number of rotatable bonds is 2. The molecular weight excluding hydrogens is 240 g/mol. The van der Waals surface area contributed by atoms with Crippen LogP contribution in [0.2, 0.25) is 0 Å². The summed E-state index contributed by atoms with van der Waals surface area (Å²) < 4.78 is 0. The van der Waals surface area contributed by atoms with E-state index in [1.54, 1.807) is 24.8 Å². The smallest absolute Gasteiger partial charge is 0.254 e. The molecule has 0 spiro atoms. The van der Waals surface area contributed by atoms with Crippen molar-refractivity contribution >= 4 is 17.5 Å². The highest BCUT2D eigenvalue weighted by atomic mass is 16.2. The van der Waals surface area contributed by atoms with Crippen molar-refractivity contribution in [1.82, 2.24) is 5.32 Å². The van der Waals surface area contributed by atoms with Crippen molar-refractivity contribution in [3.8, 4) is 0 Å². The molecule has 0 saturated carbocycles. The average Bonchev–Trinajstić information content (AvgIpc) is 2.39. The summed E-state index contributed by atoms with van der Waals surface area (Å²) in [7, 11) is 0. The number of fused-ring (bicyclic) bond motifs is 1. The van der Waals surface area contributed by atoms with E-state index in [0.29, 0.717) is 23.7 Å². The molecule has 1 aliphatic heterocycles. The zero-order valence-corrected chi connectivity index (χ0v) is 11.9. The van der Waals surface area contributed by atoms with Gasteiger partial charge in [0.05, 0.1) is 11.3 Å². The maximum absolute atomic E-state index is 12.6. The summed E-state index contributed by atoms with van der Waals surface area (Å²) in [4.78, 5) is 26.6. The molecule has 0 aliphatic carbocycles. The Kier molecular flexibility index (Phi) is 3.35. The second kappa shape index (κ2) is 4.68. The lowest BCUT2D eigenvalue weighted by atomic mass is 10.0. The minimum absolute atomic E-state index is 0.0699. The monoisotopic (exact) mass is 260 g/mol. The topological polar surface area (TPSA) is 49.4 Å². The molecule has 1 aromatic carbocycles. The summed E-state index contributed by atoms with van der Waals surface area (Å²) in [6.07, 6.45) is 0. The maximum Gasteiger partial charge on any atom is 0.254 e. The van der Waals surface area contributed by atoms with Gasteiger partial charge < -0.3 is 10.2 Å². The molecule has 2 amide bonds. The van der Waals surface area contributed by atoms with Gasteiger partial charge in [-0.2, -0.15) is 0 Å². The molecule has 1 aromatic rings. The lowest BCUT2D eigenvalue weighted by Gasteiger charge is -2.30. The van der Waals surface area contributed by atoms with Crippen molar-refractivity contribution < 1.29 is 9.59 Å². The van der Waals surface area contributed by atoms with E-state index in [9.17, 15) is 9.59 Å². The summed E-state index contributed by atoms with van der Waals surface area (Å²) >= 11 is 0. The van der Waals surface area contributed by atoms with Crippen molar-refractivity contribution in [1.29, 1.82) is 0 Å². The SMILES string of the molecule is CC(C)CN1C(=O)C(C)(C)NC(=O)c2ccccc21. The largest absolute Gasteiger partial charge is 0.338 e. The van der Waals surface area contributed by atoms with E-state index < -0.39 is 5.54 Å². The van der Waals surface area contributed by atoms with Crippen LogP contribution in [-0.2, 0) is 4.79 Å². The van der Waals surface area contributed by atoms with E-state index in [-0.39, 0.29) is 11.8 Å². The molecule has 0 fully saturated rings.